The lowest BCUT2D eigenvalue weighted by Crippen LogP contribution is -2.44. The van der Waals surface area contributed by atoms with Crippen LogP contribution < -0.4 is 0 Å². The maximum absolute atomic E-state index is 12.2. The Hall–Kier alpha value is -1.16. The summed E-state index contributed by atoms with van der Waals surface area (Å²) in [6.07, 6.45) is 2.39. The van der Waals surface area contributed by atoms with Crippen LogP contribution in [0.25, 0.3) is 0 Å². The lowest BCUT2D eigenvalue weighted by Gasteiger charge is -2.25. The highest BCUT2D eigenvalue weighted by Crippen LogP contribution is 2.16. The highest BCUT2D eigenvalue weighted by Gasteiger charge is 2.37. The topological polar surface area (TPSA) is 83.5 Å². The summed E-state index contributed by atoms with van der Waals surface area (Å²) < 4.78 is 26.3. The molecular formula is C16H33NO7Si. The van der Waals surface area contributed by atoms with Gasteiger partial charge in [-0.25, -0.2) is 14.5 Å². The van der Waals surface area contributed by atoms with Crippen molar-refractivity contribution in [3.05, 3.63) is 0 Å². The van der Waals surface area contributed by atoms with Gasteiger partial charge < -0.3 is 22.8 Å². The second kappa shape index (κ2) is 14.1. The molecule has 0 saturated heterocycles. The van der Waals surface area contributed by atoms with Gasteiger partial charge in [-0.3, -0.25) is 0 Å². The maximum Gasteiger partial charge on any atom is 0.500 e. The molecule has 0 N–H and O–H groups in total. The molecule has 0 radical (unpaired) electrons. The van der Waals surface area contributed by atoms with Crippen molar-refractivity contribution in [2.45, 2.75) is 52.0 Å². The van der Waals surface area contributed by atoms with Gasteiger partial charge in [0, 0.05) is 33.9 Å². The average Bonchev–Trinajstić information content (AvgIpc) is 2.62. The molecule has 0 aromatic heterocycles. The molecule has 25 heavy (non-hydrogen) atoms. The number of hydrogen-bond acceptors (Lipinski definition) is 7. The van der Waals surface area contributed by atoms with Crippen LogP contribution in [-0.2, 0) is 22.8 Å². The first-order valence-electron chi connectivity index (χ1n) is 8.76. The molecule has 0 aliphatic rings. The molecule has 0 aliphatic heterocycles. The molecule has 9 heteroatoms. The number of ether oxygens (including phenoxy) is 2. The van der Waals surface area contributed by atoms with Crippen molar-refractivity contribution in [2.24, 2.45) is 0 Å². The van der Waals surface area contributed by atoms with Gasteiger partial charge in [0.05, 0.1) is 13.2 Å². The van der Waals surface area contributed by atoms with E-state index < -0.39 is 21.0 Å². The summed E-state index contributed by atoms with van der Waals surface area (Å²) in [6, 6.07) is 0.470. The van der Waals surface area contributed by atoms with E-state index in [9.17, 15) is 9.59 Å². The molecule has 0 fully saturated rings. The zero-order valence-corrected chi connectivity index (χ0v) is 17.2. The van der Waals surface area contributed by atoms with E-state index in [1.165, 1.54) is 21.3 Å². The van der Waals surface area contributed by atoms with E-state index >= 15 is 0 Å². The van der Waals surface area contributed by atoms with Crippen LogP contribution in [0.2, 0.25) is 6.04 Å². The van der Waals surface area contributed by atoms with Gasteiger partial charge in [0.2, 0.25) is 0 Å². The van der Waals surface area contributed by atoms with Crippen LogP contribution in [0.4, 0.5) is 9.59 Å². The number of carbonyl (C=O) groups excluding carboxylic acids is 2. The first kappa shape index (κ1) is 23.8. The molecule has 0 spiro atoms. The van der Waals surface area contributed by atoms with Gasteiger partial charge in [0.1, 0.15) is 0 Å². The third kappa shape index (κ3) is 9.20. The highest BCUT2D eigenvalue weighted by molar-refractivity contribution is 6.60. The molecule has 0 heterocycles. The van der Waals surface area contributed by atoms with E-state index in [0.29, 0.717) is 12.5 Å². The molecule has 0 aromatic rings. The van der Waals surface area contributed by atoms with Crippen LogP contribution in [0.5, 0.6) is 0 Å². The second-order valence-corrected chi connectivity index (χ2v) is 8.58. The van der Waals surface area contributed by atoms with E-state index in [1.54, 1.807) is 0 Å². The number of imide groups is 1. The largest absolute Gasteiger partial charge is 0.500 e. The highest BCUT2D eigenvalue weighted by atomic mass is 28.4. The quantitative estimate of drug-likeness (QED) is 0.358. The lowest BCUT2D eigenvalue weighted by molar-refractivity contribution is 0.0738. The molecule has 0 aromatic carbocycles. The molecule has 0 bridgehead atoms. The van der Waals surface area contributed by atoms with Crippen molar-refractivity contribution < 1.29 is 32.3 Å². The Morgan fingerprint density at radius 3 is 1.60 bits per heavy atom. The summed E-state index contributed by atoms with van der Waals surface area (Å²) in [5.41, 5.74) is 0. The summed E-state index contributed by atoms with van der Waals surface area (Å²) in [5.74, 6) is 0. The molecule has 8 nitrogen and oxygen atoms in total. The number of hydrogen-bond donors (Lipinski definition) is 0. The predicted molar refractivity (Wildman–Crippen MR) is 95.4 cm³/mol. The summed E-state index contributed by atoms with van der Waals surface area (Å²) in [5, 5.41) is 0. The van der Waals surface area contributed by atoms with Gasteiger partial charge in [-0.15, -0.1) is 0 Å². The van der Waals surface area contributed by atoms with Crippen LogP contribution in [0.1, 0.15) is 46.0 Å². The monoisotopic (exact) mass is 379 g/mol. The minimum Gasteiger partial charge on any atom is -0.449 e. The van der Waals surface area contributed by atoms with E-state index in [4.69, 9.17) is 22.8 Å². The summed E-state index contributed by atoms with van der Waals surface area (Å²) in [7, 11) is 1.82. The molecular weight excluding hydrogens is 346 g/mol. The number of rotatable bonds is 13. The van der Waals surface area contributed by atoms with Crippen molar-refractivity contribution in [1.29, 1.82) is 0 Å². The standard InChI is InChI=1S/C16H33NO7Si/c1-6-8-12-23-15(18)17(16(19)24-13-9-7-2)11-10-14-25(20-3,21-4)22-5/h6-14H2,1-5H3. The fourth-order valence-corrected chi connectivity index (χ4v) is 3.73. The van der Waals surface area contributed by atoms with Crippen molar-refractivity contribution in [2.75, 3.05) is 41.1 Å². The maximum atomic E-state index is 12.2. The van der Waals surface area contributed by atoms with Crippen LogP contribution in [0.3, 0.4) is 0 Å². The molecule has 2 amide bonds. The zero-order chi connectivity index (χ0) is 19.1. The van der Waals surface area contributed by atoms with E-state index in [1.807, 2.05) is 13.8 Å². The Balaban J connectivity index is 4.70. The lowest BCUT2D eigenvalue weighted by atomic mass is 10.4. The Morgan fingerprint density at radius 2 is 1.24 bits per heavy atom. The molecule has 0 atom stereocenters. The third-order valence-corrected chi connectivity index (χ3v) is 6.52. The molecule has 0 rings (SSSR count). The van der Waals surface area contributed by atoms with E-state index in [2.05, 4.69) is 0 Å². The van der Waals surface area contributed by atoms with Crippen molar-refractivity contribution in [3.63, 3.8) is 0 Å². The molecule has 0 saturated carbocycles. The minimum absolute atomic E-state index is 0.154. The van der Waals surface area contributed by atoms with Crippen LogP contribution in [0, 0.1) is 0 Å². The van der Waals surface area contributed by atoms with Gasteiger partial charge >= 0.3 is 21.0 Å². The van der Waals surface area contributed by atoms with Gasteiger partial charge in [-0.1, -0.05) is 26.7 Å². The second-order valence-electron chi connectivity index (χ2n) is 5.49. The number of nitrogens with zero attached hydrogens (tertiary/aromatic N) is 1. The SMILES string of the molecule is CCCCOC(=O)N(CCC[Si](OC)(OC)OC)C(=O)OCCCC. The normalized spacial score (nSPS) is 11.2. The number of amides is 2. The van der Waals surface area contributed by atoms with Crippen molar-refractivity contribution in [1.82, 2.24) is 4.90 Å². The van der Waals surface area contributed by atoms with E-state index in [-0.39, 0.29) is 19.8 Å². The first-order valence-corrected chi connectivity index (χ1v) is 10.7. The summed E-state index contributed by atoms with van der Waals surface area (Å²) in [6.45, 7) is 4.70. The minimum atomic E-state index is -2.75. The summed E-state index contributed by atoms with van der Waals surface area (Å²) >= 11 is 0. The Kier molecular flexibility index (Phi) is 13.4. The van der Waals surface area contributed by atoms with E-state index in [0.717, 1.165) is 30.6 Å². The predicted octanol–water partition coefficient (Wildman–Crippen LogP) is 3.43. The van der Waals surface area contributed by atoms with Gasteiger partial charge in [0.15, 0.2) is 0 Å². The Morgan fingerprint density at radius 1 is 0.800 bits per heavy atom. The molecule has 0 unspecified atom stereocenters. The van der Waals surface area contributed by atoms with Crippen molar-refractivity contribution >= 4 is 21.0 Å². The first-order chi connectivity index (χ1) is 12.0. The van der Waals surface area contributed by atoms with Gasteiger partial charge in [-0.2, -0.15) is 0 Å². The zero-order valence-electron chi connectivity index (χ0n) is 16.2. The molecule has 148 valence electrons. The number of unbranched alkanes of at least 4 members (excludes halogenated alkanes) is 2. The van der Waals surface area contributed by atoms with Gasteiger partial charge in [0.25, 0.3) is 0 Å². The van der Waals surface area contributed by atoms with Gasteiger partial charge in [-0.05, 0) is 19.3 Å². The smallest absolute Gasteiger partial charge is 0.449 e. The van der Waals surface area contributed by atoms with Crippen LogP contribution >= 0.6 is 0 Å². The third-order valence-electron chi connectivity index (χ3n) is 3.69. The molecule has 0 aliphatic carbocycles. The van der Waals surface area contributed by atoms with Crippen molar-refractivity contribution in [3.8, 4) is 0 Å². The Labute approximate surface area is 152 Å². The average molecular weight is 380 g/mol. The number of carbonyl (C=O) groups is 2. The fraction of sp³-hybridized carbons (Fsp3) is 0.875. The Bertz CT molecular complexity index is 347. The van der Waals surface area contributed by atoms with Crippen LogP contribution in [-0.4, -0.2) is 67.0 Å². The fourth-order valence-electron chi connectivity index (χ4n) is 2.03. The van der Waals surface area contributed by atoms with Crippen LogP contribution in [0.15, 0.2) is 0 Å². The summed E-state index contributed by atoms with van der Waals surface area (Å²) in [4.78, 5) is 25.3.